The molecular weight excluding hydrogens is 326 g/mol. The van der Waals surface area contributed by atoms with Crippen molar-refractivity contribution in [3.8, 4) is 11.6 Å². The summed E-state index contributed by atoms with van der Waals surface area (Å²) in [7, 11) is 0. The van der Waals surface area contributed by atoms with Crippen LogP contribution in [0.5, 0.6) is 0 Å². The zero-order chi connectivity index (χ0) is 17.4. The molecule has 2 aromatic rings. The van der Waals surface area contributed by atoms with Gasteiger partial charge in [0.25, 0.3) is 0 Å². The average Bonchev–Trinajstić information content (AvgIpc) is 3.19. The highest BCUT2D eigenvalue weighted by Crippen LogP contribution is 2.21. The lowest BCUT2D eigenvalue weighted by Gasteiger charge is -2.13. The number of nitrogens with two attached hydrogens (primary N) is 1. The highest BCUT2D eigenvalue weighted by Gasteiger charge is 2.16. The van der Waals surface area contributed by atoms with Crippen LogP contribution in [0.15, 0.2) is 28.0 Å². The minimum absolute atomic E-state index is 0.0226. The van der Waals surface area contributed by atoms with Crippen molar-refractivity contribution in [3.05, 3.63) is 18.4 Å². The summed E-state index contributed by atoms with van der Waals surface area (Å²) in [6, 6.07) is 3.70. The first-order valence-corrected chi connectivity index (χ1v) is 9.27. The highest BCUT2D eigenvalue weighted by molar-refractivity contribution is 7.99. The molecule has 24 heavy (non-hydrogen) atoms. The van der Waals surface area contributed by atoms with E-state index in [4.69, 9.17) is 10.3 Å². The number of furan rings is 1. The molecular formula is C16H25N5O2S. The van der Waals surface area contributed by atoms with Gasteiger partial charge in [-0.3, -0.25) is 4.79 Å². The van der Waals surface area contributed by atoms with E-state index in [9.17, 15) is 4.79 Å². The maximum Gasteiger partial charge on any atom is 0.230 e. The number of rotatable bonds is 10. The Hall–Kier alpha value is -1.96. The number of nitrogen functional groups attached to an aromatic ring is 1. The quantitative estimate of drug-likeness (QED) is 0.388. The van der Waals surface area contributed by atoms with E-state index in [2.05, 4.69) is 22.4 Å². The van der Waals surface area contributed by atoms with Crippen molar-refractivity contribution in [1.29, 1.82) is 0 Å². The van der Waals surface area contributed by atoms with Gasteiger partial charge in [-0.05, 0) is 25.5 Å². The molecule has 2 aromatic heterocycles. The molecule has 0 bridgehead atoms. The molecule has 0 spiro atoms. The fraction of sp³-hybridized carbons (Fsp3) is 0.562. The second-order valence-corrected chi connectivity index (χ2v) is 6.70. The molecule has 0 aliphatic carbocycles. The molecule has 0 radical (unpaired) electrons. The van der Waals surface area contributed by atoms with Gasteiger partial charge in [0.2, 0.25) is 16.9 Å². The van der Waals surface area contributed by atoms with E-state index in [1.54, 1.807) is 18.4 Å². The zero-order valence-corrected chi connectivity index (χ0v) is 15.0. The zero-order valence-electron chi connectivity index (χ0n) is 14.2. The third-order valence-corrected chi connectivity index (χ3v) is 4.58. The predicted molar refractivity (Wildman–Crippen MR) is 95.0 cm³/mol. The Kier molecular flexibility index (Phi) is 7.17. The number of hydrogen-bond acceptors (Lipinski definition) is 6. The fourth-order valence-corrected chi connectivity index (χ4v) is 3.01. The molecule has 0 fully saturated rings. The molecule has 0 unspecified atom stereocenters. The van der Waals surface area contributed by atoms with E-state index in [1.807, 2.05) is 6.92 Å². The largest absolute Gasteiger partial charge is 0.461 e. The van der Waals surface area contributed by atoms with Crippen LogP contribution in [0.1, 0.15) is 46.0 Å². The van der Waals surface area contributed by atoms with Crippen LogP contribution in [0.2, 0.25) is 0 Å². The number of nitrogens with one attached hydrogen (secondary N) is 1. The first kappa shape index (κ1) is 18.4. The Morgan fingerprint density at radius 3 is 2.96 bits per heavy atom. The van der Waals surface area contributed by atoms with Gasteiger partial charge in [0.1, 0.15) is 0 Å². The summed E-state index contributed by atoms with van der Waals surface area (Å²) in [4.78, 5) is 12.0. The van der Waals surface area contributed by atoms with Crippen molar-refractivity contribution in [2.24, 2.45) is 0 Å². The molecule has 7 nitrogen and oxygen atoms in total. The van der Waals surface area contributed by atoms with Crippen molar-refractivity contribution in [2.75, 3.05) is 11.6 Å². The Labute approximate surface area is 146 Å². The van der Waals surface area contributed by atoms with Gasteiger partial charge < -0.3 is 15.6 Å². The summed E-state index contributed by atoms with van der Waals surface area (Å²) in [5, 5.41) is 11.5. The number of nitrogens with zero attached hydrogens (tertiary/aromatic N) is 3. The van der Waals surface area contributed by atoms with Crippen molar-refractivity contribution < 1.29 is 9.21 Å². The van der Waals surface area contributed by atoms with Crippen LogP contribution in [0, 0.1) is 0 Å². The van der Waals surface area contributed by atoms with E-state index < -0.39 is 0 Å². The molecule has 0 saturated heterocycles. The van der Waals surface area contributed by atoms with Gasteiger partial charge in [-0.25, -0.2) is 4.68 Å². The third-order valence-electron chi connectivity index (χ3n) is 3.64. The van der Waals surface area contributed by atoms with E-state index in [0.29, 0.717) is 16.7 Å². The number of unbranched alkanes of at least 4 members (excludes halogenated alkanes) is 3. The predicted octanol–water partition coefficient (Wildman–Crippen LogP) is 2.82. The molecule has 0 aliphatic heterocycles. The lowest BCUT2D eigenvalue weighted by atomic mass is 10.1. The molecule has 1 atom stereocenters. The Morgan fingerprint density at radius 1 is 1.42 bits per heavy atom. The summed E-state index contributed by atoms with van der Waals surface area (Å²) < 4.78 is 6.59. The van der Waals surface area contributed by atoms with Gasteiger partial charge in [0.05, 0.1) is 12.0 Å². The Balaban J connectivity index is 1.76. The summed E-state index contributed by atoms with van der Waals surface area (Å²) in [5.41, 5.74) is 0. The SMILES string of the molecule is CCCCCC[C@@H](C)NC(=O)CSc1nnc(-c2ccco2)n1N. The molecule has 2 rings (SSSR count). The van der Waals surface area contributed by atoms with Gasteiger partial charge in [-0.1, -0.05) is 44.4 Å². The summed E-state index contributed by atoms with van der Waals surface area (Å²) in [6.45, 7) is 4.23. The second kappa shape index (κ2) is 9.36. The van der Waals surface area contributed by atoms with Crippen LogP contribution >= 0.6 is 11.8 Å². The summed E-state index contributed by atoms with van der Waals surface area (Å²) >= 11 is 1.26. The lowest BCUT2D eigenvalue weighted by molar-refractivity contribution is -0.119. The highest BCUT2D eigenvalue weighted by atomic mass is 32.2. The Morgan fingerprint density at radius 2 is 2.25 bits per heavy atom. The van der Waals surface area contributed by atoms with Gasteiger partial charge in [-0.15, -0.1) is 10.2 Å². The number of thioether (sulfide) groups is 1. The van der Waals surface area contributed by atoms with Crippen LogP contribution in [-0.2, 0) is 4.79 Å². The van der Waals surface area contributed by atoms with Crippen LogP contribution in [0.3, 0.4) is 0 Å². The van der Waals surface area contributed by atoms with Crippen molar-refractivity contribution in [3.63, 3.8) is 0 Å². The fourth-order valence-electron chi connectivity index (χ4n) is 2.35. The standard InChI is InChI=1S/C16H25N5O2S/c1-3-4-5-6-8-12(2)18-14(22)11-24-16-20-19-15(21(16)17)13-9-7-10-23-13/h7,9-10,12H,3-6,8,11,17H2,1-2H3,(H,18,22)/t12-/m1/s1. The molecule has 8 heteroatoms. The molecule has 1 amide bonds. The first-order chi connectivity index (χ1) is 11.6. The van der Waals surface area contributed by atoms with Crippen LogP contribution in [-0.4, -0.2) is 32.6 Å². The maximum absolute atomic E-state index is 12.0. The molecule has 0 aliphatic rings. The van der Waals surface area contributed by atoms with Crippen LogP contribution in [0.4, 0.5) is 0 Å². The average molecular weight is 351 g/mol. The number of aromatic nitrogens is 3. The van der Waals surface area contributed by atoms with Crippen molar-refractivity contribution in [1.82, 2.24) is 20.2 Å². The monoisotopic (exact) mass is 351 g/mol. The number of hydrogen-bond donors (Lipinski definition) is 2. The topological polar surface area (TPSA) is 99.0 Å². The van der Waals surface area contributed by atoms with Crippen LogP contribution < -0.4 is 11.2 Å². The maximum atomic E-state index is 12.0. The molecule has 2 heterocycles. The molecule has 132 valence electrons. The second-order valence-electron chi connectivity index (χ2n) is 5.76. The third kappa shape index (κ3) is 5.30. The molecule has 0 saturated carbocycles. The molecule has 3 N–H and O–H groups in total. The van der Waals surface area contributed by atoms with Crippen molar-refractivity contribution >= 4 is 17.7 Å². The van der Waals surface area contributed by atoms with E-state index in [-0.39, 0.29) is 17.7 Å². The minimum Gasteiger partial charge on any atom is -0.461 e. The Bertz CT molecular complexity index is 626. The van der Waals surface area contributed by atoms with E-state index in [1.165, 1.54) is 35.7 Å². The van der Waals surface area contributed by atoms with Crippen molar-refractivity contribution in [2.45, 2.75) is 57.1 Å². The number of amides is 1. The number of carbonyl (C=O) groups is 1. The van der Waals surface area contributed by atoms with Gasteiger partial charge >= 0.3 is 0 Å². The lowest BCUT2D eigenvalue weighted by Crippen LogP contribution is -2.33. The summed E-state index contributed by atoms with van der Waals surface area (Å²) in [6.07, 6.45) is 7.39. The normalized spacial score (nSPS) is 12.2. The van der Waals surface area contributed by atoms with Gasteiger partial charge in [-0.2, -0.15) is 0 Å². The smallest absolute Gasteiger partial charge is 0.230 e. The minimum atomic E-state index is -0.0226. The van der Waals surface area contributed by atoms with E-state index >= 15 is 0 Å². The number of carbonyl (C=O) groups excluding carboxylic acids is 1. The first-order valence-electron chi connectivity index (χ1n) is 8.28. The van der Waals surface area contributed by atoms with Gasteiger partial charge in [0, 0.05) is 6.04 Å². The molecule has 0 aromatic carbocycles. The van der Waals surface area contributed by atoms with Crippen LogP contribution in [0.25, 0.3) is 11.6 Å². The van der Waals surface area contributed by atoms with E-state index in [0.717, 1.165) is 12.8 Å². The summed E-state index contributed by atoms with van der Waals surface area (Å²) in [5.74, 6) is 7.17. The van der Waals surface area contributed by atoms with Gasteiger partial charge in [0.15, 0.2) is 5.76 Å².